The Bertz CT molecular complexity index is 504. The SMILES string of the molecule is CC.CC=CC(/C=N\C(O)=C/C)C1=NC=CC(CN(CC)CCC)CC1. The van der Waals surface area contributed by atoms with E-state index in [2.05, 4.69) is 40.9 Å². The standard InChI is InChI=1S/C20H33N3O.C2H6/c1-5-9-18(15-22-20(24)7-3)19-11-10-17(12-13-21-19)16-23(8-4)14-6-2;1-2/h5,7,9,12-13,15,17-18,24H,6,8,10-11,14,16H2,1-4H3;1-2H3/b9-5?,20-7+,22-15-;. The van der Waals surface area contributed by atoms with E-state index in [-0.39, 0.29) is 11.8 Å². The maximum atomic E-state index is 9.53. The molecule has 0 fully saturated rings. The van der Waals surface area contributed by atoms with Crippen LogP contribution >= 0.6 is 0 Å². The van der Waals surface area contributed by atoms with Crippen LogP contribution in [0.2, 0.25) is 0 Å². The summed E-state index contributed by atoms with van der Waals surface area (Å²) >= 11 is 0. The van der Waals surface area contributed by atoms with Crippen LogP contribution in [0.3, 0.4) is 0 Å². The molecule has 0 aromatic carbocycles. The van der Waals surface area contributed by atoms with Crippen molar-refractivity contribution in [1.29, 1.82) is 0 Å². The van der Waals surface area contributed by atoms with Crippen molar-refractivity contribution in [3.05, 3.63) is 36.4 Å². The largest absolute Gasteiger partial charge is 0.494 e. The number of allylic oxidation sites excluding steroid dienone is 3. The van der Waals surface area contributed by atoms with Crippen molar-refractivity contribution in [2.75, 3.05) is 19.6 Å². The highest BCUT2D eigenvalue weighted by Crippen LogP contribution is 2.19. The molecule has 1 rings (SSSR count). The molecule has 1 aliphatic rings. The van der Waals surface area contributed by atoms with Gasteiger partial charge in [0.2, 0.25) is 5.88 Å². The molecule has 0 spiro atoms. The van der Waals surface area contributed by atoms with Gasteiger partial charge < -0.3 is 10.0 Å². The molecular weight excluding hydrogens is 322 g/mol. The van der Waals surface area contributed by atoms with Gasteiger partial charge in [-0.15, -0.1) is 0 Å². The molecule has 148 valence electrons. The summed E-state index contributed by atoms with van der Waals surface area (Å²) in [6.45, 7) is 15.6. The number of hydrogen-bond donors (Lipinski definition) is 1. The van der Waals surface area contributed by atoms with Crippen LogP contribution < -0.4 is 0 Å². The molecule has 0 bridgehead atoms. The second kappa shape index (κ2) is 15.6. The van der Waals surface area contributed by atoms with E-state index < -0.39 is 0 Å². The van der Waals surface area contributed by atoms with Crippen LogP contribution in [0.4, 0.5) is 0 Å². The number of aliphatic hydroxyl groups is 1. The van der Waals surface area contributed by atoms with Crippen molar-refractivity contribution in [3.8, 4) is 0 Å². The molecule has 2 unspecified atom stereocenters. The normalized spacial score (nSPS) is 19.4. The van der Waals surface area contributed by atoms with Crippen LogP contribution in [0.15, 0.2) is 46.4 Å². The van der Waals surface area contributed by atoms with Gasteiger partial charge in [0.25, 0.3) is 0 Å². The van der Waals surface area contributed by atoms with Crippen LogP contribution in [-0.4, -0.2) is 41.6 Å². The van der Waals surface area contributed by atoms with Crippen LogP contribution in [-0.2, 0) is 0 Å². The number of aliphatic hydroxyl groups excluding tert-OH is 1. The van der Waals surface area contributed by atoms with Gasteiger partial charge in [0, 0.05) is 24.7 Å². The molecule has 0 amide bonds. The van der Waals surface area contributed by atoms with Gasteiger partial charge in [-0.2, -0.15) is 0 Å². The van der Waals surface area contributed by atoms with E-state index in [1.165, 1.54) is 6.42 Å². The monoisotopic (exact) mass is 361 g/mol. The first-order valence-electron chi connectivity index (χ1n) is 10.1. The summed E-state index contributed by atoms with van der Waals surface area (Å²) in [5, 5.41) is 9.53. The van der Waals surface area contributed by atoms with Gasteiger partial charge >= 0.3 is 0 Å². The molecule has 0 aromatic rings. The third-order valence-corrected chi connectivity index (χ3v) is 4.26. The summed E-state index contributed by atoms with van der Waals surface area (Å²) in [4.78, 5) is 11.3. The molecule has 4 nitrogen and oxygen atoms in total. The maximum Gasteiger partial charge on any atom is 0.205 e. The first-order valence-corrected chi connectivity index (χ1v) is 10.1. The van der Waals surface area contributed by atoms with Crippen LogP contribution in [0.25, 0.3) is 0 Å². The van der Waals surface area contributed by atoms with Crippen molar-refractivity contribution in [1.82, 2.24) is 4.90 Å². The predicted octanol–water partition coefficient (Wildman–Crippen LogP) is 5.79. The Hall–Kier alpha value is -1.68. The Balaban J connectivity index is 0.00000301. The summed E-state index contributed by atoms with van der Waals surface area (Å²) < 4.78 is 0. The Morgan fingerprint density at radius 1 is 1.38 bits per heavy atom. The Kier molecular flexibility index (Phi) is 14.6. The van der Waals surface area contributed by atoms with Crippen molar-refractivity contribution in [2.45, 2.75) is 60.8 Å². The molecule has 2 atom stereocenters. The summed E-state index contributed by atoms with van der Waals surface area (Å²) in [6.07, 6.45) is 14.9. The average molecular weight is 362 g/mol. The first kappa shape index (κ1) is 24.3. The van der Waals surface area contributed by atoms with E-state index in [1.807, 2.05) is 33.0 Å². The van der Waals surface area contributed by atoms with Crippen LogP contribution in [0.5, 0.6) is 0 Å². The van der Waals surface area contributed by atoms with Gasteiger partial charge in [0.1, 0.15) is 0 Å². The maximum absolute atomic E-state index is 9.53. The highest BCUT2D eigenvalue weighted by molar-refractivity contribution is 6.01. The van der Waals surface area contributed by atoms with Crippen LogP contribution in [0.1, 0.15) is 60.8 Å². The second-order valence-corrected chi connectivity index (χ2v) is 6.13. The smallest absolute Gasteiger partial charge is 0.205 e. The first-order chi connectivity index (χ1) is 12.6. The zero-order valence-electron chi connectivity index (χ0n) is 17.7. The number of nitrogens with zero attached hydrogens (tertiary/aromatic N) is 3. The lowest BCUT2D eigenvalue weighted by Gasteiger charge is -2.24. The average Bonchev–Trinajstić information content (AvgIpc) is 2.91. The van der Waals surface area contributed by atoms with E-state index in [9.17, 15) is 5.11 Å². The van der Waals surface area contributed by atoms with Gasteiger partial charge in [-0.25, -0.2) is 4.99 Å². The zero-order valence-corrected chi connectivity index (χ0v) is 17.7. The fraction of sp³-hybridized carbons (Fsp3) is 0.636. The molecular formula is C22H39N3O. The minimum Gasteiger partial charge on any atom is -0.494 e. The van der Waals surface area contributed by atoms with Crippen molar-refractivity contribution < 1.29 is 5.11 Å². The van der Waals surface area contributed by atoms with Gasteiger partial charge in [-0.05, 0) is 58.2 Å². The molecule has 1 aliphatic heterocycles. The number of rotatable bonds is 9. The lowest BCUT2D eigenvalue weighted by Crippen LogP contribution is -2.29. The molecule has 26 heavy (non-hydrogen) atoms. The third kappa shape index (κ3) is 9.71. The molecule has 0 aromatic heterocycles. The lowest BCUT2D eigenvalue weighted by molar-refractivity contribution is 0.256. The predicted molar refractivity (Wildman–Crippen MR) is 116 cm³/mol. The second-order valence-electron chi connectivity index (χ2n) is 6.13. The highest BCUT2D eigenvalue weighted by atomic mass is 16.3. The van der Waals surface area contributed by atoms with E-state index in [1.54, 1.807) is 19.2 Å². The third-order valence-electron chi connectivity index (χ3n) is 4.26. The van der Waals surface area contributed by atoms with Crippen LogP contribution in [0, 0.1) is 11.8 Å². The Morgan fingerprint density at radius 3 is 2.69 bits per heavy atom. The summed E-state index contributed by atoms with van der Waals surface area (Å²) in [7, 11) is 0. The zero-order chi connectivity index (χ0) is 19.8. The van der Waals surface area contributed by atoms with Crippen molar-refractivity contribution in [2.24, 2.45) is 21.8 Å². The molecule has 0 aliphatic carbocycles. The lowest BCUT2D eigenvalue weighted by atomic mass is 9.95. The van der Waals surface area contributed by atoms with Crippen molar-refractivity contribution >= 4 is 11.9 Å². The van der Waals surface area contributed by atoms with Gasteiger partial charge in [0.15, 0.2) is 0 Å². The summed E-state index contributed by atoms with van der Waals surface area (Å²) in [6, 6.07) is 0. The fourth-order valence-corrected chi connectivity index (χ4v) is 2.87. The molecule has 0 saturated carbocycles. The summed E-state index contributed by atoms with van der Waals surface area (Å²) in [5.41, 5.74) is 1.11. The fourth-order valence-electron chi connectivity index (χ4n) is 2.87. The molecule has 0 radical (unpaired) electrons. The van der Waals surface area contributed by atoms with E-state index >= 15 is 0 Å². The molecule has 4 heteroatoms. The topological polar surface area (TPSA) is 48.2 Å². The molecule has 1 heterocycles. The van der Waals surface area contributed by atoms with Crippen molar-refractivity contribution in [3.63, 3.8) is 0 Å². The van der Waals surface area contributed by atoms with E-state index in [0.717, 1.165) is 38.2 Å². The Morgan fingerprint density at radius 2 is 2.12 bits per heavy atom. The van der Waals surface area contributed by atoms with Gasteiger partial charge in [0.05, 0.1) is 5.92 Å². The number of aliphatic imine (C=N–C) groups is 2. The van der Waals surface area contributed by atoms with E-state index in [4.69, 9.17) is 0 Å². The minimum atomic E-state index is 0.0402. The Labute approximate surface area is 161 Å². The summed E-state index contributed by atoms with van der Waals surface area (Å²) in [5.74, 6) is 0.633. The van der Waals surface area contributed by atoms with Gasteiger partial charge in [-0.3, -0.25) is 4.99 Å². The van der Waals surface area contributed by atoms with Gasteiger partial charge in [-0.1, -0.05) is 45.9 Å². The molecule has 1 N–H and O–H groups in total. The highest BCUT2D eigenvalue weighted by Gasteiger charge is 2.17. The number of hydrogen-bond acceptors (Lipinski definition) is 4. The van der Waals surface area contributed by atoms with E-state index in [0.29, 0.717) is 5.92 Å². The minimum absolute atomic E-state index is 0.0402. The quantitative estimate of drug-likeness (QED) is 0.321. The molecule has 0 saturated heterocycles.